The normalized spacial score (nSPS) is 15.7. The van der Waals surface area contributed by atoms with E-state index in [1.54, 1.807) is 0 Å². The van der Waals surface area contributed by atoms with Gasteiger partial charge in [-0.2, -0.15) is 0 Å². The molecule has 0 heterocycles. The second-order valence-corrected chi connectivity index (χ2v) is 7.50. The van der Waals surface area contributed by atoms with Crippen molar-refractivity contribution in [2.24, 2.45) is 5.41 Å². The number of aryl methyl sites for hydroxylation is 3. The fourth-order valence-corrected chi connectivity index (χ4v) is 3.51. The molecule has 3 N–H and O–H groups in total. The van der Waals surface area contributed by atoms with Crippen LogP contribution in [0.3, 0.4) is 0 Å². The van der Waals surface area contributed by atoms with Crippen LogP contribution in [0.5, 0.6) is 0 Å². The number of rotatable bonds is 5. The van der Waals surface area contributed by atoms with Gasteiger partial charge in [-0.1, -0.05) is 24.6 Å². The Morgan fingerprint density at radius 3 is 1.65 bits per heavy atom. The van der Waals surface area contributed by atoms with Crippen molar-refractivity contribution in [2.45, 2.75) is 59.3 Å². The van der Waals surface area contributed by atoms with Gasteiger partial charge >= 0.3 is 0 Å². The van der Waals surface area contributed by atoms with Gasteiger partial charge in [-0.05, 0) is 49.8 Å². The van der Waals surface area contributed by atoms with E-state index in [9.17, 15) is 9.59 Å². The van der Waals surface area contributed by atoms with Crippen LogP contribution >= 0.6 is 0 Å². The summed E-state index contributed by atoms with van der Waals surface area (Å²) in [5.41, 5.74) is 4.18. The molecule has 0 amide bonds. The molecule has 0 aliphatic heterocycles. The van der Waals surface area contributed by atoms with Crippen molar-refractivity contribution in [1.29, 1.82) is 0 Å². The van der Waals surface area contributed by atoms with Crippen molar-refractivity contribution in [3.8, 4) is 0 Å². The predicted molar refractivity (Wildman–Crippen MR) is 101 cm³/mol. The van der Waals surface area contributed by atoms with Gasteiger partial charge in [-0.3, -0.25) is 9.59 Å². The molecular formula is C21H32O5. The maximum absolute atomic E-state index is 11.5. The number of ketones is 2. The van der Waals surface area contributed by atoms with E-state index < -0.39 is 5.41 Å². The maximum atomic E-state index is 11.5. The highest BCUT2D eigenvalue weighted by atomic mass is 16.3. The summed E-state index contributed by atoms with van der Waals surface area (Å²) < 4.78 is 0. The first-order valence-corrected chi connectivity index (χ1v) is 9.15. The van der Waals surface area contributed by atoms with Crippen molar-refractivity contribution in [3.63, 3.8) is 0 Å². The average Bonchev–Trinajstić information content (AvgIpc) is 2.56. The molecule has 2 rings (SSSR count). The van der Waals surface area contributed by atoms with E-state index in [1.807, 2.05) is 6.92 Å². The van der Waals surface area contributed by atoms with E-state index in [0.717, 1.165) is 0 Å². The van der Waals surface area contributed by atoms with Crippen LogP contribution in [0.1, 0.15) is 60.8 Å². The first kappa shape index (κ1) is 22.5. The van der Waals surface area contributed by atoms with Crippen LogP contribution in [0, 0.1) is 26.2 Å². The van der Waals surface area contributed by atoms with Gasteiger partial charge in [0, 0.05) is 18.3 Å². The number of Topliss-reactive ketones (excluding diaryl/α,β-unsaturated/α-hetero) is 2. The molecule has 5 nitrogen and oxygen atoms in total. The Morgan fingerprint density at radius 2 is 1.35 bits per heavy atom. The van der Waals surface area contributed by atoms with Gasteiger partial charge in [-0.15, -0.1) is 0 Å². The summed E-state index contributed by atoms with van der Waals surface area (Å²) in [7, 11) is 0. The minimum absolute atomic E-state index is 0.0885. The summed E-state index contributed by atoms with van der Waals surface area (Å²) in [6.07, 6.45) is 1.78. The molecule has 0 radical (unpaired) electrons. The van der Waals surface area contributed by atoms with Crippen LogP contribution in [0.15, 0.2) is 12.1 Å². The number of carbonyl (C=O) groups is 2. The quantitative estimate of drug-likeness (QED) is 0.697. The molecule has 0 atom stereocenters. The van der Waals surface area contributed by atoms with Gasteiger partial charge in [0.05, 0.1) is 26.2 Å². The molecule has 26 heavy (non-hydrogen) atoms. The van der Waals surface area contributed by atoms with Gasteiger partial charge in [0.1, 0.15) is 11.6 Å². The lowest BCUT2D eigenvalue weighted by atomic mass is 9.79. The number of hydrogen-bond acceptors (Lipinski definition) is 5. The summed E-state index contributed by atoms with van der Waals surface area (Å²) >= 11 is 0. The molecule has 5 heteroatoms. The highest BCUT2D eigenvalue weighted by Gasteiger charge is 2.28. The Kier molecular flexibility index (Phi) is 8.60. The van der Waals surface area contributed by atoms with E-state index >= 15 is 0 Å². The molecule has 0 saturated heterocycles. The Bertz CT molecular complexity index is 575. The summed E-state index contributed by atoms with van der Waals surface area (Å²) in [6.45, 7) is 7.56. The second kappa shape index (κ2) is 9.95. The van der Waals surface area contributed by atoms with Gasteiger partial charge in [0.15, 0.2) is 0 Å². The van der Waals surface area contributed by atoms with E-state index in [4.69, 9.17) is 15.3 Å². The molecule has 1 fully saturated rings. The average molecular weight is 364 g/mol. The third kappa shape index (κ3) is 5.73. The molecule has 0 bridgehead atoms. The number of hydrogen-bond donors (Lipinski definition) is 3. The van der Waals surface area contributed by atoms with Crippen LogP contribution in [0.2, 0.25) is 0 Å². The maximum Gasteiger partial charge on any atom is 0.140 e. The van der Waals surface area contributed by atoms with Crippen molar-refractivity contribution in [2.75, 3.05) is 19.8 Å². The first-order chi connectivity index (χ1) is 12.2. The predicted octanol–water partition coefficient (Wildman–Crippen LogP) is 2.38. The minimum Gasteiger partial charge on any atom is -0.396 e. The van der Waals surface area contributed by atoms with Crippen LogP contribution < -0.4 is 0 Å². The molecule has 1 aliphatic carbocycles. The van der Waals surface area contributed by atoms with Gasteiger partial charge < -0.3 is 15.3 Å². The van der Waals surface area contributed by atoms with Crippen molar-refractivity contribution in [1.82, 2.24) is 0 Å². The molecule has 1 aliphatic rings. The van der Waals surface area contributed by atoms with Crippen molar-refractivity contribution < 1.29 is 24.9 Å². The molecule has 146 valence electrons. The fourth-order valence-electron chi connectivity index (χ4n) is 3.51. The van der Waals surface area contributed by atoms with Crippen LogP contribution in [-0.2, 0) is 9.59 Å². The highest BCUT2D eigenvalue weighted by Crippen LogP contribution is 2.34. The monoisotopic (exact) mass is 364 g/mol. The van der Waals surface area contributed by atoms with E-state index in [1.165, 1.54) is 22.3 Å². The fraction of sp³-hybridized carbons (Fsp3) is 0.619. The Hall–Kier alpha value is -1.56. The van der Waals surface area contributed by atoms with Gasteiger partial charge in [0.2, 0.25) is 0 Å². The van der Waals surface area contributed by atoms with Crippen LogP contribution in [0.4, 0.5) is 0 Å². The molecule has 0 aromatic heterocycles. The Morgan fingerprint density at radius 1 is 0.923 bits per heavy atom. The Balaban J connectivity index is 0.000000321. The molecule has 1 aromatic rings. The Labute approximate surface area is 156 Å². The topological polar surface area (TPSA) is 94.8 Å². The summed E-state index contributed by atoms with van der Waals surface area (Å²) in [5.74, 6) is 0.278. The zero-order valence-electron chi connectivity index (χ0n) is 16.3. The van der Waals surface area contributed by atoms with Crippen LogP contribution in [0.25, 0.3) is 0 Å². The van der Waals surface area contributed by atoms with Crippen molar-refractivity contribution >= 4 is 11.6 Å². The standard InChI is InChI=1S/C15H18O2.C6H14O3/c1-9-4-10(2)15(11(3)5-9)12-6-13(16)8-14(17)7-12;1-2-6(3-7,4-8)5-9/h4-5,12H,6-8H2,1-3H3;7-9H,2-5H2,1H3. The smallest absolute Gasteiger partial charge is 0.140 e. The van der Waals surface area contributed by atoms with Gasteiger partial charge in [0.25, 0.3) is 0 Å². The SMILES string of the molecule is CCC(CO)(CO)CO.Cc1cc(C)c(C2CC(=O)CC(=O)C2)c(C)c1. The number of aliphatic hydroxyl groups excluding tert-OH is 3. The third-order valence-corrected chi connectivity index (χ3v) is 5.24. The molecule has 0 spiro atoms. The summed E-state index contributed by atoms with van der Waals surface area (Å²) in [5, 5.41) is 26.0. The summed E-state index contributed by atoms with van der Waals surface area (Å²) in [4.78, 5) is 23.1. The zero-order chi connectivity index (χ0) is 19.9. The number of aliphatic hydroxyl groups is 3. The lowest BCUT2D eigenvalue weighted by Gasteiger charge is -2.24. The van der Waals surface area contributed by atoms with E-state index in [2.05, 4.69) is 32.9 Å². The minimum atomic E-state index is -0.667. The lowest BCUT2D eigenvalue weighted by Crippen LogP contribution is -2.32. The van der Waals surface area contributed by atoms with Crippen LogP contribution in [-0.4, -0.2) is 46.7 Å². The largest absolute Gasteiger partial charge is 0.396 e. The molecule has 1 saturated carbocycles. The van der Waals surface area contributed by atoms with E-state index in [-0.39, 0.29) is 43.7 Å². The highest BCUT2D eigenvalue weighted by molar-refractivity contribution is 6.02. The van der Waals surface area contributed by atoms with E-state index in [0.29, 0.717) is 19.3 Å². The summed E-state index contributed by atoms with van der Waals surface area (Å²) in [6, 6.07) is 4.26. The third-order valence-electron chi connectivity index (χ3n) is 5.24. The number of carbonyl (C=O) groups excluding carboxylic acids is 2. The number of benzene rings is 1. The van der Waals surface area contributed by atoms with Gasteiger partial charge in [-0.25, -0.2) is 0 Å². The first-order valence-electron chi connectivity index (χ1n) is 9.15. The van der Waals surface area contributed by atoms with Crippen molar-refractivity contribution in [3.05, 3.63) is 34.4 Å². The second-order valence-electron chi connectivity index (χ2n) is 7.50. The molecule has 1 aromatic carbocycles. The molecular weight excluding hydrogens is 332 g/mol. The molecule has 0 unspecified atom stereocenters. The zero-order valence-corrected chi connectivity index (χ0v) is 16.3. The lowest BCUT2D eigenvalue weighted by molar-refractivity contribution is -0.130.